The molecule has 2 aromatic heterocycles. The van der Waals surface area contributed by atoms with E-state index in [9.17, 15) is 4.79 Å². The molecule has 0 aliphatic carbocycles. The van der Waals surface area contributed by atoms with Crippen molar-refractivity contribution in [2.75, 3.05) is 11.1 Å². The molecule has 0 saturated carbocycles. The van der Waals surface area contributed by atoms with E-state index in [1.54, 1.807) is 6.20 Å². The van der Waals surface area contributed by atoms with Crippen LogP contribution in [-0.4, -0.2) is 25.9 Å². The third-order valence-electron chi connectivity index (χ3n) is 2.61. The Morgan fingerprint density at radius 2 is 2.26 bits per heavy atom. The highest BCUT2D eigenvalue weighted by atomic mass is 16.2. The van der Waals surface area contributed by atoms with Crippen molar-refractivity contribution in [3.8, 4) is 0 Å². The Labute approximate surface area is 111 Å². The number of amides is 1. The Balaban J connectivity index is 1.97. The molecule has 2 aromatic rings. The summed E-state index contributed by atoms with van der Waals surface area (Å²) >= 11 is 0. The molecule has 7 nitrogen and oxygen atoms in total. The van der Waals surface area contributed by atoms with Gasteiger partial charge in [-0.25, -0.2) is 0 Å². The van der Waals surface area contributed by atoms with Crippen LogP contribution in [-0.2, 0) is 16.8 Å². The van der Waals surface area contributed by atoms with Gasteiger partial charge in [-0.2, -0.15) is 10.2 Å². The summed E-state index contributed by atoms with van der Waals surface area (Å²) in [5.41, 5.74) is 6.98. The number of nitrogens with zero attached hydrogens (tertiary/aromatic N) is 3. The van der Waals surface area contributed by atoms with Crippen LogP contribution in [0.3, 0.4) is 0 Å². The summed E-state index contributed by atoms with van der Waals surface area (Å²) in [7, 11) is 0. The van der Waals surface area contributed by atoms with Gasteiger partial charge in [0, 0.05) is 23.4 Å². The van der Waals surface area contributed by atoms with E-state index < -0.39 is 0 Å². The van der Waals surface area contributed by atoms with E-state index in [1.165, 1.54) is 10.9 Å². The number of aromatic amines is 1. The van der Waals surface area contributed by atoms with Crippen LogP contribution in [0, 0.1) is 0 Å². The first-order chi connectivity index (χ1) is 8.84. The molecule has 0 aliphatic heterocycles. The molecule has 0 spiro atoms. The molecule has 1 amide bonds. The number of nitrogen functional groups attached to an aromatic ring is 1. The number of carbonyl (C=O) groups is 1. The van der Waals surface area contributed by atoms with Crippen molar-refractivity contribution in [2.45, 2.75) is 32.7 Å². The molecule has 0 aromatic carbocycles. The molecule has 7 heteroatoms. The Morgan fingerprint density at radius 1 is 1.53 bits per heavy atom. The van der Waals surface area contributed by atoms with Crippen molar-refractivity contribution in [2.24, 2.45) is 0 Å². The van der Waals surface area contributed by atoms with Crippen molar-refractivity contribution in [1.82, 2.24) is 20.0 Å². The van der Waals surface area contributed by atoms with Crippen LogP contribution < -0.4 is 11.1 Å². The SMILES string of the molecule is CC(C)(C)c1cc(NC(=O)Cn2cc(N)cn2)n[nH]1. The van der Waals surface area contributed by atoms with Gasteiger partial charge in [0.1, 0.15) is 6.54 Å². The molecule has 2 rings (SSSR count). The molecule has 0 saturated heterocycles. The predicted octanol–water partition coefficient (Wildman–Crippen LogP) is 1.12. The van der Waals surface area contributed by atoms with E-state index in [1.807, 2.05) is 6.07 Å². The summed E-state index contributed by atoms with van der Waals surface area (Å²) in [6.45, 7) is 6.31. The molecule has 0 aliphatic rings. The lowest BCUT2D eigenvalue weighted by Crippen LogP contribution is -2.19. The van der Waals surface area contributed by atoms with Gasteiger partial charge in [0.05, 0.1) is 11.9 Å². The van der Waals surface area contributed by atoms with Gasteiger partial charge in [0.2, 0.25) is 5.91 Å². The van der Waals surface area contributed by atoms with Gasteiger partial charge < -0.3 is 11.1 Å². The molecule has 2 heterocycles. The second kappa shape index (κ2) is 4.75. The second-order valence-corrected chi connectivity index (χ2v) is 5.44. The minimum Gasteiger partial charge on any atom is -0.396 e. The Hall–Kier alpha value is -2.31. The quantitative estimate of drug-likeness (QED) is 0.771. The lowest BCUT2D eigenvalue weighted by molar-refractivity contribution is -0.116. The maximum Gasteiger partial charge on any atom is 0.247 e. The number of nitrogens with one attached hydrogen (secondary N) is 2. The molecule has 19 heavy (non-hydrogen) atoms. The summed E-state index contributed by atoms with van der Waals surface area (Å²) in [6.07, 6.45) is 3.10. The van der Waals surface area contributed by atoms with Crippen molar-refractivity contribution >= 4 is 17.4 Å². The summed E-state index contributed by atoms with van der Waals surface area (Å²) in [6, 6.07) is 1.83. The number of hydrogen-bond donors (Lipinski definition) is 3. The number of rotatable bonds is 3. The highest BCUT2D eigenvalue weighted by Gasteiger charge is 2.17. The minimum atomic E-state index is -0.199. The third kappa shape index (κ3) is 3.34. The average molecular weight is 262 g/mol. The Morgan fingerprint density at radius 3 is 2.79 bits per heavy atom. The van der Waals surface area contributed by atoms with Crippen molar-refractivity contribution < 1.29 is 4.79 Å². The monoisotopic (exact) mass is 262 g/mol. The highest BCUT2D eigenvalue weighted by molar-refractivity contribution is 5.89. The number of carbonyl (C=O) groups excluding carboxylic acids is 1. The van der Waals surface area contributed by atoms with Crippen LogP contribution in [0.15, 0.2) is 18.5 Å². The average Bonchev–Trinajstić information content (AvgIpc) is 2.87. The zero-order valence-electron chi connectivity index (χ0n) is 11.3. The summed E-state index contributed by atoms with van der Waals surface area (Å²) in [5.74, 6) is 0.310. The first kappa shape index (κ1) is 13.1. The standard InChI is InChI=1S/C12H18N6O/c1-12(2,3)9-4-10(17-16-9)15-11(19)7-18-6-8(13)5-14-18/h4-6H,7,13H2,1-3H3,(H2,15,16,17,19). The minimum absolute atomic E-state index is 0.0353. The fourth-order valence-electron chi connectivity index (χ4n) is 1.57. The van der Waals surface area contributed by atoms with E-state index in [0.717, 1.165) is 5.69 Å². The van der Waals surface area contributed by atoms with Crippen molar-refractivity contribution in [3.05, 3.63) is 24.2 Å². The number of H-pyrrole nitrogens is 1. The maximum atomic E-state index is 11.8. The van der Waals surface area contributed by atoms with Gasteiger partial charge >= 0.3 is 0 Å². The van der Waals surface area contributed by atoms with Gasteiger partial charge in [-0.3, -0.25) is 14.6 Å². The molecule has 0 atom stereocenters. The van der Waals surface area contributed by atoms with E-state index in [2.05, 4.69) is 41.4 Å². The first-order valence-corrected chi connectivity index (χ1v) is 5.98. The molecule has 0 bridgehead atoms. The second-order valence-electron chi connectivity index (χ2n) is 5.44. The van der Waals surface area contributed by atoms with Crippen molar-refractivity contribution in [3.63, 3.8) is 0 Å². The van der Waals surface area contributed by atoms with Gasteiger partial charge in [0.15, 0.2) is 5.82 Å². The fourth-order valence-corrected chi connectivity index (χ4v) is 1.57. The highest BCUT2D eigenvalue weighted by Crippen LogP contribution is 2.21. The molecular formula is C12H18N6O. The predicted molar refractivity (Wildman–Crippen MR) is 72.6 cm³/mol. The molecule has 102 valence electrons. The number of aromatic nitrogens is 4. The van der Waals surface area contributed by atoms with Crippen molar-refractivity contribution in [1.29, 1.82) is 0 Å². The lowest BCUT2D eigenvalue weighted by atomic mass is 9.92. The number of hydrogen-bond acceptors (Lipinski definition) is 4. The van der Waals surface area contributed by atoms with Crippen LogP contribution in [0.5, 0.6) is 0 Å². The van der Waals surface area contributed by atoms with E-state index in [0.29, 0.717) is 11.5 Å². The van der Waals surface area contributed by atoms with Gasteiger partial charge in [-0.1, -0.05) is 20.8 Å². The van der Waals surface area contributed by atoms with Crippen LogP contribution in [0.25, 0.3) is 0 Å². The van der Waals surface area contributed by atoms with Gasteiger partial charge in [-0.05, 0) is 0 Å². The molecule has 0 radical (unpaired) electrons. The van der Waals surface area contributed by atoms with Gasteiger partial charge in [0.25, 0.3) is 0 Å². The lowest BCUT2D eigenvalue weighted by Gasteiger charge is -2.14. The number of anilines is 2. The maximum absolute atomic E-state index is 11.8. The third-order valence-corrected chi connectivity index (χ3v) is 2.61. The van der Waals surface area contributed by atoms with Crippen LogP contribution >= 0.6 is 0 Å². The summed E-state index contributed by atoms with van der Waals surface area (Å²) in [4.78, 5) is 11.8. The van der Waals surface area contributed by atoms with E-state index in [4.69, 9.17) is 5.73 Å². The normalized spacial score (nSPS) is 11.5. The Kier molecular flexibility index (Phi) is 3.28. The van der Waals surface area contributed by atoms with Crippen LogP contribution in [0.2, 0.25) is 0 Å². The Bertz CT molecular complexity index is 577. The summed E-state index contributed by atoms with van der Waals surface area (Å²) in [5, 5.41) is 13.6. The smallest absolute Gasteiger partial charge is 0.247 e. The van der Waals surface area contributed by atoms with E-state index >= 15 is 0 Å². The zero-order valence-corrected chi connectivity index (χ0v) is 11.3. The molecular weight excluding hydrogens is 244 g/mol. The summed E-state index contributed by atoms with van der Waals surface area (Å²) < 4.78 is 1.47. The van der Waals surface area contributed by atoms with Crippen LogP contribution in [0.1, 0.15) is 26.5 Å². The molecule has 4 N–H and O–H groups in total. The molecule has 0 unspecified atom stereocenters. The topological polar surface area (TPSA) is 102 Å². The number of nitrogens with two attached hydrogens (primary N) is 1. The fraction of sp³-hybridized carbons (Fsp3) is 0.417. The largest absolute Gasteiger partial charge is 0.396 e. The molecule has 0 fully saturated rings. The first-order valence-electron chi connectivity index (χ1n) is 5.98. The zero-order chi connectivity index (χ0) is 14.0. The van der Waals surface area contributed by atoms with Gasteiger partial charge in [-0.15, -0.1) is 0 Å². The van der Waals surface area contributed by atoms with Crippen LogP contribution in [0.4, 0.5) is 11.5 Å². The van der Waals surface area contributed by atoms with E-state index in [-0.39, 0.29) is 17.9 Å².